The van der Waals surface area contributed by atoms with Crippen LogP contribution in [0.25, 0.3) is 0 Å². The maximum Gasteiger partial charge on any atom is 0.164 e. The van der Waals surface area contributed by atoms with Crippen LogP contribution in [0.3, 0.4) is 0 Å². The van der Waals surface area contributed by atoms with Crippen molar-refractivity contribution in [3.05, 3.63) is 35.9 Å². The van der Waals surface area contributed by atoms with Gasteiger partial charge in [0.25, 0.3) is 0 Å². The Bertz CT molecular complexity index is 581. The van der Waals surface area contributed by atoms with Crippen molar-refractivity contribution in [3.8, 4) is 11.5 Å². The van der Waals surface area contributed by atoms with Gasteiger partial charge in [-0.05, 0) is 19.4 Å². The van der Waals surface area contributed by atoms with E-state index in [1.54, 1.807) is 13.4 Å². The minimum Gasteiger partial charge on any atom is -0.497 e. The Morgan fingerprint density at radius 2 is 2.19 bits per heavy atom. The SMILES string of the molecule is CCCn1ncnc1COc1cc(OC)ccc1C(C)N. The van der Waals surface area contributed by atoms with Gasteiger partial charge in [-0.25, -0.2) is 9.67 Å². The van der Waals surface area contributed by atoms with E-state index in [0.717, 1.165) is 35.9 Å². The van der Waals surface area contributed by atoms with Gasteiger partial charge in [0.05, 0.1) is 7.11 Å². The number of methoxy groups -OCH3 is 1. The summed E-state index contributed by atoms with van der Waals surface area (Å²) in [6.07, 6.45) is 2.55. The fraction of sp³-hybridized carbons (Fsp3) is 0.467. The summed E-state index contributed by atoms with van der Waals surface area (Å²) in [6, 6.07) is 5.54. The number of nitrogens with two attached hydrogens (primary N) is 1. The molecule has 1 atom stereocenters. The van der Waals surface area contributed by atoms with Crippen LogP contribution in [0.2, 0.25) is 0 Å². The summed E-state index contributed by atoms with van der Waals surface area (Å²) in [5.41, 5.74) is 6.92. The second-order valence-electron chi connectivity index (χ2n) is 4.88. The first-order valence-electron chi connectivity index (χ1n) is 7.08. The molecule has 0 bridgehead atoms. The molecular formula is C15H22N4O2. The van der Waals surface area contributed by atoms with Gasteiger partial charge in [-0.2, -0.15) is 5.10 Å². The lowest BCUT2D eigenvalue weighted by molar-refractivity contribution is 0.280. The minimum atomic E-state index is -0.112. The van der Waals surface area contributed by atoms with Crippen molar-refractivity contribution < 1.29 is 9.47 Å². The van der Waals surface area contributed by atoms with Crippen LogP contribution in [0.1, 0.15) is 37.7 Å². The molecule has 0 spiro atoms. The predicted octanol–water partition coefficient (Wildman–Crippen LogP) is 2.30. The van der Waals surface area contributed by atoms with Crippen molar-refractivity contribution in [2.75, 3.05) is 7.11 Å². The maximum absolute atomic E-state index is 5.98. The van der Waals surface area contributed by atoms with E-state index in [1.807, 2.05) is 29.8 Å². The third kappa shape index (κ3) is 3.72. The summed E-state index contributed by atoms with van der Waals surface area (Å²) in [4.78, 5) is 4.23. The Morgan fingerprint density at radius 1 is 1.38 bits per heavy atom. The Kier molecular flexibility index (Phi) is 5.16. The van der Waals surface area contributed by atoms with Gasteiger partial charge in [0.1, 0.15) is 24.4 Å². The van der Waals surface area contributed by atoms with E-state index in [0.29, 0.717) is 6.61 Å². The van der Waals surface area contributed by atoms with Crippen molar-refractivity contribution >= 4 is 0 Å². The van der Waals surface area contributed by atoms with Crippen LogP contribution >= 0.6 is 0 Å². The molecule has 1 aromatic heterocycles. The molecule has 6 nitrogen and oxygen atoms in total. The first-order valence-corrected chi connectivity index (χ1v) is 7.08. The van der Waals surface area contributed by atoms with Gasteiger partial charge in [0, 0.05) is 24.2 Å². The Balaban J connectivity index is 2.16. The first kappa shape index (κ1) is 15.3. The van der Waals surface area contributed by atoms with E-state index in [4.69, 9.17) is 15.2 Å². The molecule has 1 heterocycles. The van der Waals surface area contributed by atoms with E-state index in [1.165, 1.54) is 0 Å². The van der Waals surface area contributed by atoms with E-state index in [9.17, 15) is 0 Å². The fourth-order valence-electron chi connectivity index (χ4n) is 2.08. The molecule has 2 N–H and O–H groups in total. The topological polar surface area (TPSA) is 75.2 Å². The van der Waals surface area contributed by atoms with E-state index in [-0.39, 0.29) is 6.04 Å². The van der Waals surface area contributed by atoms with Crippen molar-refractivity contribution in [1.29, 1.82) is 0 Å². The van der Waals surface area contributed by atoms with Crippen LogP contribution in [-0.4, -0.2) is 21.9 Å². The van der Waals surface area contributed by atoms with E-state index in [2.05, 4.69) is 17.0 Å². The lowest BCUT2D eigenvalue weighted by Crippen LogP contribution is -2.11. The highest BCUT2D eigenvalue weighted by molar-refractivity contribution is 5.42. The number of ether oxygens (including phenoxy) is 2. The van der Waals surface area contributed by atoms with Crippen molar-refractivity contribution in [2.24, 2.45) is 5.73 Å². The zero-order valence-electron chi connectivity index (χ0n) is 12.7. The molecule has 6 heteroatoms. The molecule has 21 heavy (non-hydrogen) atoms. The second-order valence-corrected chi connectivity index (χ2v) is 4.88. The summed E-state index contributed by atoms with van der Waals surface area (Å²) < 4.78 is 13.0. The zero-order chi connectivity index (χ0) is 15.2. The molecule has 1 aromatic carbocycles. The van der Waals surface area contributed by atoms with E-state index >= 15 is 0 Å². The predicted molar refractivity (Wildman–Crippen MR) is 80.2 cm³/mol. The van der Waals surface area contributed by atoms with Crippen LogP contribution < -0.4 is 15.2 Å². The summed E-state index contributed by atoms with van der Waals surface area (Å²) >= 11 is 0. The average molecular weight is 290 g/mol. The first-order chi connectivity index (χ1) is 10.2. The van der Waals surface area contributed by atoms with Gasteiger partial charge in [-0.1, -0.05) is 13.0 Å². The molecule has 114 valence electrons. The molecule has 0 fully saturated rings. The van der Waals surface area contributed by atoms with Crippen molar-refractivity contribution in [2.45, 2.75) is 39.5 Å². The maximum atomic E-state index is 5.98. The second kappa shape index (κ2) is 7.08. The molecule has 2 rings (SSSR count). The number of rotatable bonds is 7. The molecule has 0 saturated heterocycles. The number of hydrogen-bond donors (Lipinski definition) is 1. The Hall–Kier alpha value is -2.08. The van der Waals surface area contributed by atoms with Crippen LogP contribution in [0.5, 0.6) is 11.5 Å². The van der Waals surface area contributed by atoms with Crippen LogP contribution in [0, 0.1) is 0 Å². The van der Waals surface area contributed by atoms with Crippen molar-refractivity contribution in [3.63, 3.8) is 0 Å². The lowest BCUT2D eigenvalue weighted by Gasteiger charge is -2.15. The Morgan fingerprint density at radius 3 is 2.86 bits per heavy atom. The van der Waals surface area contributed by atoms with E-state index < -0.39 is 0 Å². The van der Waals surface area contributed by atoms with Gasteiger partial charge in [-0.3, -0.25) is 0 Å². The van der Waals surface area contributed by atoms with Crippen LogP contribution in [0.15, 0.2) is 24.5 Å². The van der Waals surface area contributed by atoms with Gasteiger partial charge < -0.3 is 15.2 Å². The molecule has 1 unspecified atom stereocenters. The van der Waals surface area contributed by atoms with Crippen LogP contribution in [-0.2, 0) is 13.2 Å². The van der Waals surface area contributed by atoms with Crippen molar-refractivity contribution in [1.82, 2.24) is 14.8 Å². The number of benzene rings is 1. The Labute approximate surface area is 124 Å². The molecular weight excluding hydrogens is 268 g/mol. The molecule has 2 aromatic rings. The third-order valence-corrected chi connectivity index (χ3v) is 3.20. The van der Waals surface area contributed by atoms with Gasteiger partial charge in [0.2, 0.25) is 0 Å². The average Bonchev–Trinajstić information content (AvgIpc) is 2.92. The monoisotopic (exact) mass is 290 g/mol. The largest absolute Gasteiger partial charge is 0.497 e. The molecule has 0 radical (unpaired) electrons. The number of hydrogen-bond acceptors (Lipinski definition) is 5. The molecule has 0 amide bonds. The standard InChI is InChI=1S/C15H22N4O2/c1-4-7-19-15(17-10-18-19)9-21-14-8-12(20-3)5-6-13(14)11(2)16/h5-6,8,10-11H,4,7,9,16H2,1-3H3. The summed E-state index contributed by atoms with van der Waals surface area (Å²) in [5, 5.41) is 4.19. The summed E-state index contributed by atoms with van der Waals surface area (Å²) in [6.45, 7) is 5.21. The lowest BCUT2D eigenvalue weighted by atomic mass is 10.1. The number of aryl methyl sites for hydroxylation is 1. The van der Waals surface area contributed by atoms with Crippen LogP contribution in [0.4, 0.5) is 0 Å². The molecule has 0 aliphatic rings. The van der Waals surface area contributed by atoms with Gasteiger partial charge in [-0.15, -0.1) is 0 Å². The quantitative estimate of drug-likeness (QED) is 0.846. The molecule has 0 aliphatic carbocycles. The third-order valence-electron chi connectivity index (χ3n) is 3.20. The molecule has 0 saturated carbocycles. The highest BCUT2D eigenvalue weighted by Gasteiger charge is 2.11. The fourth-order valence-corrected chi connectivity index (χ4v) is 2.08. The summed E-state index contributed by atoms with van der Waals surface area (Å²) in [7, 11) is 1.63. The van der Waals surface area contributed by atoms with Gasteiger partial charge in [0.15, 0.2) is 5.82 Å². The smallest absolute Gasteiger partial charge is 0.164 e. The molecule has 0 aliphatic heterocycles. The highest BCUT2D eigenvalue weighted by atomic mass is 16.5. The normalized spacial score (nSPS) is 12.2. The highest BCUT2D eigenvalue weighted by Crippen LogP contribution is 2.29. The number of aromatic nitrogens is 3. The van der Waals surface area contributed by atoms with Gasteiger partial charge >= 0.3 is 0 Å². The zero-order valence-corrected chi connectivity index (χ0v) is 12.7. The summed E-state index contributed by atoms with van der Waals surface area (Å²) in [5.74, 6) is 2.26. The number of nitrogens with zero attached hydrogens (tertiary/aromatic N) is 3. The minimum absolute atomic E-state index is 0.112.